The molecule has 0 unspecified atom stereocenters. The van der Waals surface area contributed by atoms with Crippen LogP contribution in [0, 0.1) is 12.8 Å². The number of thiazole rings is 1. The van der Waals surface area contributed by atoms with Gasteiger partial charge in [-0.15, -0.1) is 11.3 Å². The number of likely N-dealkylation sites (tertiary alicyclic amines) is 1. The number of carbonyl (C=O) groups excluding carboxylic acids is 1. The van der Waals surface area contributed by atoms with Crippen LogP contribution < -0.4 is 5.32 Å². The number of aromatic nitrogens is 1. The van der Waals surface area contributed by atoms with E-state index in [2.05, 4.69) is 50.9 Å². The van der Waals surface area contributed by atoms with Crippen molar-refractivity contribution in [1.29, 1.82) is 0 Å². The fourth-order valence-corrected chi connectivity index (χ4v) is 4.51. The molecule has 29 heavy (non-hydrogen) atoms. The number of anilines is 1. The lowest BCUT2D eigenvalue weighted by molar-refractivity contribution is -0.121. The summed E-state index contributed by atoms with van der Waals surface area (Å²) in [6.07, 6.45) is 2.62. The summed E-state index contributed by atoms with van der Waals surface area (Å²) in [6, 6.07) is 18.5. The first-order valence-corrected chi connectivity index (χ1v) is 11.1. The number of hydrogen-bond acceptors (Lipinski definition) is 4. The van der Waals surface area contributed by atoms with Crippen molar-refractivity contribution >= 4 is 22.9 Å². The highest BCUT2D eigenvalue weighted by atomic mass is 32.1. The van der Waals surface area contributed by atoms with E-state index in [0.29, 0.717) is 0 Å². The molecule has 3 aromatic rings. The average Bonchev–Trinajstić information content (AvgIpc) is 3.15. The van der Waals surface area contributed by atoms with Gasteiger partial charge in [-0.1, -0.05) is 48.5 Å². The summed E-state index contributed by atoms with van der Waals surface area (Å²) in [5.41, 5.74) is 4.48. The summed E-state index contributed by atoms with van der Waals surface area (Å²) in [6.45, 7) is 4.82. The van der Waals surface area contributed by atoms with E-state index in [1.54, 1.807) is 11.3 Å². The predicted octanol–water partition coefficient (Wildman–Crippen LogP) is 4.89. The number of rotatable bonds is 6. The van der Waals surface area contributed by atoms with Crippen molar-refractivity contribution in [1.82, 2.24) is 9.88 Å². The molecule has 1 N–H and O–H groups in total. The SMILES string of the molecule is Cc1nc(CN2CCC(C(=O)Nc3ccccc3Cc3ccccc3)CC2)cs1. The van der Waals surface area contributed by atoms with Crippen molar-refractivity contribution in [3.63, 3.8) is 0 Å². The topological polar surface area (TPSA) is 45.2 Å². The minimum atomic E-state index is 0.0770. The molecule has 1 saturated heterocycles. The molecule has 1 aliphatic heterocycles. The molecule has 0 spiro atoms. The van der Waals surface area contributed by atoms with E-state index in [4.69, 9.17) is 0 Å². The van der Waals surface area contributed by atoms with E-state index < -0.39 is 0 Å². The van der Waals surface area contributed by atoms with Crippen LogP contribution in [-0.2, 0) is 17.8 Å². The Morgan fingerprint density at radius 1 is 1.10 bits per heavy atom. The number of carbonyl (C=O) groups is 1. The number of nitrogens with zero attached hydrogens (tertiary/aromatic N) is 2. The molecule has 150 valence electrons. The highest BCUT2D eigenvalue weighted by Gasteiger charge is 2.25. The van der Waals surface area contributed by atoms with Gasteiger partial charge in [0, 0.05) is 23.5 Å². The number of piperidine rings is 1. The fourth-order valence-electron chi connectivity index (χ4n) is 3.91. The van der Waals surface area contributed by atoms with Gasteiger partial charge < -0.3 is 5.32 Å². The van der Waals surface area contributed by atoms with Gasteiger partial charge in [0.05, 0.1) is 10.7 Å². The summed E-state index contributed by atoms with van der Waals surface area (Å²) in [7, 11) is 0. The summed E-state index contributed by atoms with van der Waals surface area (Å²) in [5.74, 6) is 0.225. The Labute approximate surface area is 176 Å². The zero-order chi connectivity index (χ0) is 20.1. The number of para-hydroxylation sites is 1. The summed E-state index contributed by atoms with van der Waals surface area (Å²) >= 11 is 1.70. The average molecular weight is 406 g/mol. The lowest BCUT2D eigenvalue weighted by atomic mass is 9.95. The van der Waals surface area contributed by atoms with Gasteiger partial charge >= 0.3 is 0 Å². The van der Waals surface area contributed by atoms with E-state index >= 15 is 0 Å². The molecule has 4 rings (SSSR count). The molecule has 5 heteroatoms. The Balaban J connectivity index is 1.33. The smallest absolute Gasteiger partial charge is 0.227 e. The van der Waals surface area contributed by atoms with E-state index in [1.165, 1.54) is 5.56 Å². The molecule has 1 aromatic heterocycles. The summed E-state index contributed by atoms with van der Waals surface area (Å²) in [4.78, 5) is 19.9. The second kappa shape index (κ2) is 9.33. The summed E-state index contributed by atoms with van der Waals surface area (Å²) < 4.78 is 0. The largest absolute Gasteiger partial charge is 0.326 e. The molecule has 2 heterocycles. The molecule has 2 aromatic carbocycles. The maximum absolute atomic E-state index is 12.9. The van der Waals surface area contributed by atoms with Crippen molar-refractivity contribution in [2.24, 2.45) is 5.92 Å². The predicted molar refractivity (Wildman–Crippen MR) is 119 cm³/mol. The van der Waals surface area contributed by atoms with Crippen molar-refractivity contribution in [3.05, 3.63) is 81.8 Å². The maximum atomic E-state index is 12.9. The van der Waals surface area contributed by atoms with Crippen LogP contribution in [0.1, 0.15) is 34.7 Å². The van der Waals surface area contributed by atoms with Crippen LogP contribution in [0.3, 0.4) is 0 Å². The van der Waals surface area contributed by atoms with E-state index in [9.17, 15) is 4.79 Å². The fraction of sp³-hybridized carbons (Fsp3) is 0.333. The first-order chi connectivity index (χ1) is 14.2. The number of nitrogens with one attached hydrogen (secondary N) is 1. The van der Waals surface area contributed by atoms with Gasteiger partial charge in [-0.3, -0.25) is 9.69 Å². The van der Waals surface area contributed by atoms with Gasteiger partial charge in [0.1, 0.15) is 0 Å². The second-order valence-electron chi connectivity index (χ2n) is 7.72. The Hall–Kier alpha value is -2.50. The standard InChI is InChI=1S/C24H27N3OS/c1-18-25-22(17-29-18)16-27-13-11-20(12-14-27)24(28)26-23-10-6-5-9-21(23)15-19-7-3-2-4-8-19/h2-10,17,20H,11-16H2,1H3,(H,26,28). The minimum Gasteiger partial charge on any atom is -0.326 e. The monoisotopic (exact) mass is 405 g/mol. The number of aryl methyl sites for hydroxylation is 1. The highest BCUT2D eigenvalue weighted by Crippen LogP contribution is 2.24. The quantitative estimate of drug-likeness (QED) is 0.635. The Morgan fingerprint density at radius 3 is 2.55 bits per heavy atom. The van der Waals surface area contributed by atoms with E-state index in [1.807, 2.05) is 31.2 Å². The number of hydrogen-bond donors (Lipinski definition) is 1. The van der Waals surface area contributed by atoms with Gasteiger partial charge in [0.25, 0.3) is 0 Å². The van der Waals surface area contributed by atoms with E-state index in [-0.39, 0.29) is 11.8 Å². The number of benzene rings is 2. The van der Waals surface area contributed by atoms with Crippen LogP contribution >= 0.6 is 11.3 Å². The van der Waals surface area contributed by atoms with Gasteiger partial charge in [0.15, 0.2) is 0 Å². The van der Waals surface area contributed by atoms with Crippen molar-refractivity contribution < 1.29 is 4.79 Å². The second-order valence-corrected chi connectivity index (χ2v) is 8.78. The van der Waals surface area contributed by atoms with Gasteiger partial charge in [-0.2, -0.15) is 0 Å². The van der Waals surface area contributed by atoms with Crippen LogP contribution in [0.15, 0.2) is 60.0 Å². The minimum absolute atomic E-state index is 0.0770. The Kier molecular flexibility index (Phi) is 6.37. The van der Waals surface area contributed by atoms with Crippen LogP contribution in [0.5, 0.6) is 0 Å². The van der Waals surface area contributed by atoms with Crippen LogP contribution in [-0.4, -0.2) is 28.9 Å². The molecule has 0 bridgehead atoms. The van der Waals surface area contributed by atoms with Gasteiger partial charge in [0.2, 0.25) is 5.91 Å². The van der Waals surface area contributed by atoms with Crippen molar-refractivity contribution in [2.45, 2.75) is 32.7 Å². The molecular weight excluding hydrogens is 378 g/mol. The first kappa shape index (κ1) is 19.8. The third-order valence-corrected chi connectivity index (χ3v) is 6.35. The molecule has 0 radical (unpaired) electrons. The Bertz CT molecular complexity index is 946. The zero-order valence-corrected chi connectivity index (χ0v) is 17.6. The molecular formula is C24H27N3OS. The molecule has 0 aliphatic carbocycles. The Morgan fingerprint density at radius 2 is 1.83 bits per heavy atom. The van der Waals surface area contributed by atoms with Crippen LogP contribution in [0.2, 0.25) is 0 Å². The zero-order valence-electron chi connectivity index (χ0n) is 16.8. The van der Waals surface area contributed by atoms with Gasteiger partial charge in [-0.05, 0) is 56.5 Å². The molecule has 1 amide bonds. The third-order valence-electron chi connectivity index (χ3n) is 5.52. The molecule has 1 fully saturated rings. The first-order valence-electron chi connectivity index (χ1n) is 10.2. The van der Waals surface area contributed by atoms with Crippen LogP contribution in [0.25, 0.3) is 0 Å². The molecule has 0 atom stereocenters. The lowest BCUT2D eigenvalue weighted by Gasteiger charge is -2.30. The highest BCUT2D eigenvalue weighted by molar-refractivity contribution is 7.09. The van der Waals surface area contributed by atoms with Crippen LogP contribution in [0.4, 0.5) is 5.69 Å². The molecule has 1 aliphatic rings. The molecule has 4 nitrogen and oxygen atoms in total. The van der Waals surface area contributed by atoms with Crippen molar-refractivity contribution in [2.75, 3.05) is 18.4 Å². The van der Waals surface area contributed by atoms with Crippen molar-refractivity contribution in [3.8, 4) is 0 Å². The lowest BCUT2D eigenvalue weighted by Crippen LogP contribution is -2.37. The number of amides is 1. The normalized spacial score (nSPS) is 15.3. The summed E-state index contributed by atoms with van der Waals surface area (Å²) in [5, 5.41) is 6.45. The van der Waals surface area contributed by atoms with Gasteiger partial charge in [-0.25, -0.2) is 4.98 Å². The third kappa shape index (κ3) is 5.31. The maximum Gasteiger partial charge on any atom is 0.227 e. The van der Waals surface area contributed by atoms with E-state index in [0.717, 1.165) is 60.8 Å². The molecule has 0 saturated carbocycles.